The van der Waals surface area contributed by atoms with E-state index in [1.807, 2.05) is 27.7 Å². The van der Waals surface area contributed by atoms with Crippen molar-refractivity contribution in [2.75, 3.05) is 5.43 Å². The van der Waals surface area contributed by atoms with Gasteiger partial charge in [0.25, 0.3) is 0 Å². The summed E-state index contributed by atoms with van der Waals surface area (Å²) in [4.78, 5) is 9.03. The third-order valence-electron chi connectivity index (χ3n) is 3.65. The SMILES string of the molecule is Cc1nc(C(C)(C)c2ccc(F)cc2)nc(NN)c1C. The molecule has 106 valence electrons. The number of rotatable bonds is 3. The molecule has 3 N–H and O–H groups in total. The first kappa shape index (κ1) is 14.4. The molecule has 0 radical (unpaired) electrons. The average molecular weight is 274 g/mol. The molecule has 0 aliphatic carbocycles. The summed E-state index contributed by atoms with van der Waals surface area (Å²) in [5, 5.41) is 0. The van der Waals surface area contributed by atoms with Crippen molar-refractivity contribution >= 4 is 5.82 Å². The fourth-order valence-electron chi connectivity index (χ4n) is 2.04. The predicted octanol–water partition coefficient (Wildman–Crippen LogP) is 2.84. The first-order chi connectivity index (χ1) is 9.36. The highest BCUT2D eigenvalue weighted by molar-refractivity contribution is 5.46. The number of hydrogen-bond donors (Lipinski definition) is 2. The standard InChI is InChI=1S/C15H19FN4/c1-9-10(2)18-14(19-13(9)20-17)15(3,4)11-5-7-12(16)8-6-11/h5-8H,17H2,1-4H3,(H,18,19,20). The molecule has 5 heteroatoms. The van der Waals surface area contributed by atoms with Gasteiger partial charge in [-0.25, -0.2) is 20.2 Å². The molecule has 0 saturated carbocycles. The van der Waals surface area contributed by atoms with Crippen LogP contribution in [0.3, 0.4) is 0 Å². The number of benzene rings is 1. The van der Waals surface area contributed by atoms with Crippen molar-refractivity contribution in [2.45, 2.75) is 33.1 Å². The third kappa shape index (κ3) is 2.49. The maximum Gasteiger partial charge on any atom is 0.146 e. The Hall–Kier alpha value is -2.01. The van der Waals surface area contributed by atoms with Crippen molar-refractivity contribution < 1.29 is 4.39 Å². The second-order valence-electron chi connectivity index (χ2n) is 5.38. The van der Waals surface area contributed by atoms with Gasteiger partial charge in [0, 0.05) is 16.7 Å². The van der Waals surface area contributed by atoms with E-state index in [1.165, 1.54) is 12.1 Å². The van der Waals surface area contributed by atoms with Gasteiger partial charge < -0.3 is 5.43 Å². The summed E-state index contributed by atoms with van der Waals surface area (Å²) < 4.78 is 13.1. The molecule has 0 unspecified atom stereocenters. The molecule has 1 heterocycles. The largest absolute Gasteiger partial charge is 0.308 e. The molecule has 2 rings (SSSR count). The lowest BCUT2D eigenvalue weighted by molar-refractivity contribution is 0.580. The van der Waals surface area contributed by atoms with Crippen LogP contribution in [-0.4, -0.2) is 9.97 Å². The summed E-state index contributed by atoms with van der Waals surface area (Å²) >= 11 is 0. The minimum absolute atomic E-state index is 0.255. The third-order valence-corrected chi connectivity index (χ3v) is 3.65. The smallest absolute Gasteiger partial charge is 0.146 e. The van der Waals surface area contributed by atoms with E-state index in [0.717, 1.165) is 16.8 Å². The molecule has 2 aromatic rings. The van der Waals surface area contributed by atoms with Crippen molar-refractivity contribution in [3.63, 3.8) is 0 Å². The molecule has 0 amide bonds. The fraction of sp³-hybridized carbons (Fsp3) is 0.333. The van der Waals surface area contributed by atoms with Gasteiger partial charge in [0.1, 0.15) is 17.5 Å². The minimum atomic E-state index is -0.433. The Kier molecular flexibility index (Phi) is 3.72. The number of hydrogen-bond acceptors (Lipinski definition) is 4. The average Bonchev–Trinajstić information content (AvgIpc) is 2.42. The van der Waals surface area contributed by atoms with Crippen LogP contribution < -0.4 is 11.3 Å². The zero-order valence-electron chi connectivity index (χ0n) is 12.2. The van der Waals surface area contributed by atoms with Crippen molar-refractivity contribution in [1.29, 1.82) is 0 Å². The fourth-order valence-corrected chi connectivity index (χ4v) is 2.04. The van der Waals surface area contributed by atoms with Gasteiger partial charge in [-0.1, -0.05) is 12.1 Å². The molecule has 4 nitrogen and oxygen atoms in total. The zero-order valence-corrected chi connectivity index (χ0v) is 12.2. The van der Waals surface area contributed by atoms with E-state index in [9.17, 15) is 4.39 Å². The van der Waals surface area contributed by atoms with E-state index in [-0.39, 0.29) is 5.82 Å². The summed E-state index contributed by atoms with van der Waals surface area (Å²) in [6.45, 7) is 7.84. The van der Waals surface area contributed by atoms with E-state index >= 15 is 0 Å². The van der Waals surface area contributed by atoms with Gasteiger partial charge in [0.2, 0.25) is 0 Å². The van der Waals surface area contributed by atoms with Gasteiger partial charge in [-0.05, 0) is 45.4 Å². The second-order valence-corrected chi connectivity index (χ2v) is 5.38. The number of anilines is 1. The van der Waals surface area contributed by atoms with Crippen LogP contribution in [0.2, 0.25) is 0 Å². The zero-order chi connectivity index (χ0) is 14.9. The van der Waals surface area contributed by atoms with E-state index in [0.29, 0.717) is 11.6 Å². The first-order valence-electron chi connectivity index (χ1n) is 6.44. The van der Waals surface area contributed by atoms with Crippen LogP contribution in [0, 0.1) is 19.7 Å². The molecule has 0 bridgehead atoms. The van der Waals surface area contributed by atoms with E-state index in [4.69, 9.17) is 5.84 Å². The minimum Gasteiger partial charge on any atom is -0.308 e. The van der Waals surface area contributed by atoms with Gasteiger partial charge >= 0.3 is 0 Å². The highest BCUT2D eigenvalue weighted by Crippen LogP contribution is 2.30. The number of hydrazine groups is 1. The van der Waals surface area contributed by atoms with Crippen LogP contribution in [0.4, 0.5) is 10.2 Å². The normalized spacial score (nSPS) is 11.5. The predicted molar refractivity (Wildman–Crippen MR) is 77.8 cm³/mol. The van der Waals surface area contributed by atoms with Crippen molar-refractivity contribution in [2.24, 2.45) is 5.84 Å². The number of nitrogen functional groups attached to an aromatic ring is 1. The van der Waals surface area contributed by atoms with Gasteiger partial charge in [-0.2, -0.15) is 0 Å². The first-order valence-corrected chi connectivity index (χ1v) is 6.44. The quantitative estimate of drug-likeness (QED) is 0.667. The number of aryl methyl sites for hydroxylation is 1. The summed E-state index contributed by atoms with van der Waals surface area (Å²) in [5.41, 5.74) is 4.91. The van der Waals surface area contributed by atoms with E-state index in [1.54, 1.807) is 12.1 Å². The molecule has 1 aromatic carbocycles. The van der Waals surface area contributed by atoms with Crippen LogP contribution >= 0.6 is 0 Å². The van der Waals surface area contributed by atoms with Gasteiger partial charge in [-0.15, -0.1) is 0 Å². The molecular weight excluding hydrogens is 255 g/mol. The molecule has 0 aliphatic rings. The Morgan fingerprint density at radius 1 is 1.10 bits per heavy atom. The molecule has 0 aliphatic heterocycles. The molecule has 0 fully saturated rings. The lowest BCUT2D eigenvalue weighted by Gasteiger charge is -2.25. The van der Waals surface area contributed by atoms with Crippen molar-refractivity contribution in [3.8, 4) is 0 Å². The Morgan fingerprint density at radius 3 is 2.25 bits per heavy atom. The van der Waals surface area contributed by atoms with Crippen molar-refractivity contribution in [3.05, 3.63) is 52.7 Å². The van der Waals surface area contributed by atoms with Crippen LogP contribution in [0.5, 0.6) is 0 Å². The highest BCUT2D eigenvalue weighted by Gasteiger charge is 2.27. The van der Waals surface area contributed by atoms with Crippen LogP contribution in [0.25, 0.3) is 0 Å². The summed E-state index contributed by atoms with van der Waals surface area (Å²) in [7, 11) is 0. The van der Waals surface area contributed by atoms with Gasteiger partial charge in [0.15, 0.2) is 0 Å². The van der Waals surface area contributed by atoms with Gasteiger partial charge in [-0.3, -0.25) is 0 Å². The molecular formula is C15H19FN4. The maximum atomic E-state index is 13.1. The van der Waals surface area contributed by atoms with Crippen molar-refractivity contribution in [1.82, 2.24) is 9.97 Å². The summed E-state index contributed by atoms with van der Waals surface area (Å²) in [5.74, 6) is 6.51. The van der Waals surface area contributed by atoms with E-state index < -0.39 is 5.41 Å². The van der Waals surface area contributed by atoms with Crippen LogP contribution in [-0.2, 0) is 5.41 Å². The van der Waals surface area contributed by atoms with E-state index in [2.05, 4.69) is 15.4 Å². The Labute approximate surface area is 118 Å². The summed E-state index contributed by atoms with van der Waals surface area (Å²) in [6, 6.07) is 6.40. The highest BCUT2D eigenvalue weighted by atomic mass is 19.1. The summed E-state index contributed by atoms with van der Waals surface area (Å²) in [6.07, 6.45) is 0. The number of halogens is 1. The topological polar surface area (TPSA) is 63.8 Å². The molecule has 20 heavy (non-hydrogen) atoms. The molecule has 0 atom stereocenters. The monoisotopic (exact) mass is 274 g/mol. The number of nitrogens with two attached hydrogens (primary N) is 1. The maximum absolute atomic E-state index is 13.1. The molecule has 1 aromatic heterocycles. The lowest BCUT2D eigenvalue weighted by Crippen LogP contribution is -2.25. The number of nitrogens with zero attached hydrogens (tertiary/aromatic N) is 2. The lowest BCUT2D eigenvalue weighted by atomic mass is 9.83. The Balaban J connectivity index is 2.53. The molecule has 0 saturated heterocycles. The van der Waals surface area contributed by atoms with Crippen LogP contribution in [0.1, 0.15) is 36.5 Å². The number of aromatic nitrogens is 2. The Morgan fingerprint density at radius 2 is 1.70 bits per heavy atom. The van der Waals surface area contributed by atoms with Crippen LogP contribution in [0.15, 0.2) is 24.3 Å². The Bertz CT molecular complexity index is 621. The van der Waals surface area contributed by atoms with Gasteiger partial charge in [0.05, 0.1) is 0 Å². The number of nitrogens with one attached hydrogen (secondary N) is 1. The second kappa shape index (κ2) is 5.17. The molecule has 0 spiro atoms.